The summed E-state index contributed by atoms with van der Waals surface area (Å²) in [4.78, 5) is 2.51. The minimum atomic E-state index is 0.592. The summed E-state index contributed by atoms with van der Waals surface area (Å²) < 4.78 is 0. The minimum absolute atomic E-state index is 0.592. The smallest absolute Gasteiger partial charge is 0.193 e. The molecule has 4 rings (SSSR count). The zero-order valence-corrected chi connectivity index (χ0v) is 12.8. The van der Waals surface area contributed by atoms with Crippen LogP contribution in [0.2, 0.25) is 0 Å². The maximum Gasteiger partial charge on any atom is 0.193 e. The van der Waals surface area contributed by atoms with Crippen LogP contribution in [-0.2, 0) is 0 Å². The van der Waals surface area contributed by atoms with Crippen molar-refractivity contribution in [1.29, 1.82) is 0 Å². The third kappa shape index (κ3) is 2.32. The lowest BCUT2D eigenvalue weighted by Gasteiger charge is -2.39. The molecule has 2 aliphatic rings. The van der Waals surface area contributed by atoms with Crippen LogP contribution >= 0.6 is 0 Å². The Bertz CT molecular complexity index is 606. The Balaban J connectivity index is 1.81. The first-order valence-corrected chi connectivity index (χ1v) is 8.17. The molecular formula is C19H22BN. The molecule has 2 aromatic rings. The number of hydrogen-bond donors (Lipinski definition) is 0. The van der Waals surface area contributed by atoms with Crippen molar-refractivity contribution in [3.8, 4) is 0 Å². The average Bonchev–Trinajstić information content (AvgIpc) is 2.52. The second kappa shape index (κ2) is 5.34. The summed E-state index contributed by atoms with van der Waals surface area (Å²) in [5.74, 6) is 1.35. The highest BCUT2D eigenvalue weighted by atomic mass is 15.1. The molecule has 1 nitrogen and oxygen atoms in total. The summed E-state index contributed by atoms with van der Waals surface area (Å²) in [6.45, 7) is 2.49. The van der Waals surface area contributed by atoms with Gasteiger partial charge in [0.2, 0.25) is 0 Å². The minimum Gasteiger partial charge on any atom is -0.306 e. The van der Waals surface area contributed by atoms with Gasteiger partial charge in [0, 0.05) is 12.5 Å². The summed E-state index contributed by atoms with van der Waals surface area (Å²) in [5.41, 5.74) is 6.23. The van der Waals surface area contributed by atoms with Crippen molar-refractivity contribution in [2.24, 2.45) is 5.92 Å². The van der Waals surface area contributed by atoms with Crippen LogP contribution in [0.5, 0.6) is 0 Å². The van der Waals surface area contributed by atoms with Gasteiger partial charge in [-0.15, -0.1) is 0 Å². The monoisotopic (exact) mass is 275 g/mol. The van der Waals surface area contributed by atoms with Crippen LogP contribution < -0.4 is 10.9 Å². The Morgan fingerprint density at radius 2 is 1.57 bits per heavy atom. The highest BCUT2D eigenvalue weighted by molar-refractivity contribution is 6.69. The number of fused-ring (bicyclic) bond motifs is 2. The highest BCUT2D eigenvalue weighted by Crippen LogP contribution is 2.36. The third-order valence-corrected chi connectivity index (χ3v) is 5.29. The highest BCUT2D eigenvalue weighted by Gasteiger charge is 2.33. The molecule has 106 valence electrons. The zero-order chi connectivity index (χ0) is 14.2. The molecule has 2 aliphatic heterocycles. The van der Waals surface area contributed by atoms with Crippen molar-refractivity contribution in [2.45, 2.75) is 18.8 Å². The van der Waals surface area contributed by atoms with Crippen LogP contribution in [0.3, 0.4) is 0 Å². The molecule has 0 amide bonds. The average molecular weight is 275 g/mol. The van der Waals surface area contributed by atoms with E-state index in [2.05, 4.69) is 60.5 Å². The number of nitrogens with zero attached hydrogens (tertiary/aromatic N) is 1. The Morgan fingerprint density at radius 1 is 0.952 bits per heavy atom. The fourth-order valence-corrected chi connectivity index (χ4v) is 4.36. The summed E-state index contributed by atoms with van der Waals surface area (Å²) >= 11 is 0. The Labute approximate surface area is 128 Å². The quantitative estimate of drug-likeness (QED) is 0.718. The van der Waals surface area contributed by atoms with Crippen LogP contribution in [0.25, 0.3) is 0 Å². The molecule has 2 heteroatoms. The molecular weight excluding hydrogens is 253 g/mol. The summed E-state index contributed by atoms with van der Waals surface area (Å²) in [7, 11) is 3.37. The molecule has 0 radical (unpaired) electrons. The van der Waals surface area contributed by atoms with Gasteiger partial charge >= 0.3 is 0 Å². The van der Waals surface area contributed by atoms with Gasteiger partial charge in [0.15, 0.2) is 7.28 Å². The lowest BCUT2D eigenvalue weighted by atomic mass is 9.52. The standard InChI is InChI=1S/C19H22BN/c1-21-12-6-7-14(13-21)19-15-8-2-4-10-17(15)20-18-11-5-3-9-16(18)19/h2-5,8-11,14,19-20H,6-7,12-13H2,1H3/t14-/m0/s1. The molecule has 0 saturated carbocycles. The SMILES string of the molecule is CN1CCC[C@H](C2c3ccccc3Bc3ccccc32)C1. The van der Waals surface area contributed by atoms with E-state index in [0.717, 1.165) is 13.2 Å². The zero-order valence-electron chi connectivity index (χ0n) is 12.8. The predicted octanol–water partition coefficient (Wildman–Crippen LogP) is 1.86. The Hall–Kier alpha value is -1.54. The van der Waals surface area contributed by atoms with Gasteiger partial charge in [0.1, 0.15) is 0 Å². The number of hydrogen-bond acceptors (Lipinski definition) is 1. The molecule has 0 spiro atoms. The lowest BCUT2D eigenvalue weighted by molar-refractivity contribution is 0.197. The molecule has 21 heavy (non-hydrogen) atoms. The van der Waals surface area contributed by atoms with E-state index in [0.29, 0.717) is 5.92 Å². The molecule has 0 aromatic heterocycles. The van der Waals surface area contributed by atoms with E-state index < -0.39 is 0 Å². The summed E-state index contributed by atoms with van der Waals surface area (Å²) in [6, 6.07) is 18.2. The van der Waals surface area contributed by atoms with E-state index >= 15 is 0 Å². The van der Waals surface area contributed by atoms with Gasteiger partial charge in [0.25, 0.3) is 0 Å². The molecule has 0 bridgehead atoms. The van der Waals surface area contributed by atoms with Crippen LogP contribution in [0.15, 0.2) is 48.5 Å². The maximum absolute atomic E-state index is 2.51. The maximum atomic E-state index is 2.51. The molecule has 2 aromatic carbocycles. The molecule has 0 N–H and O–H groups in total. The van der Waals surface area contributed by atoms with Gasteiger partial charge in [-0.1, -0.05) is 59.5 Å². The fraction of sp³-hybridized carbons (Fsp3) is 0.368. The van der Waals surface area contributed by atoms with Gasteiger partial charge in [-0.2, -0.15) is 0 Å². The predicted molar refractivity (Wildman–Crippen MR) is 91.4 cm³/mol. The molecule has 1 atom stereocenters. The van der Waals surface area contributed by atoms with E-state index in [1.807, 2.05) is 0 Å². The first-order valence-electron chi connectivity index (χ1n) is 8.17. The van der Waals surface area contributed by atoms with Crippen molar-refractivity contribution >= 4 is 18.2 Å². The molecule has 0 aliphatic carbocycles. The molecule has 0 unspecified atom stereocenters. The van der Waals surface area contributed by atoms with E-state index in [1.54, 1.807) is 11.1 Å². The number of likely N-dealkylation sites (tertiary alicyclic amines) is 1. The van der Waals surface area contributed by atoms with Crippen molar-refractivity contribution in [1.82, 2.24) is 4.90 Å². The first kappa shape index (κ1) is 13.2. The van der Waals surface area contributed by atoms with Gasteiger partial charge in [-0.05, 0) is 43.5 Å². The van der Waals surface area contributed by atoms with Crippen molar-refractivity contribution < 1.29 is 0 Å². The molecule has 1 fully saturated rings. The number of piperidine rings is 1. The lowest BCUT2D eigenvalue weighted by Crippen LogP contribution is -2.44. The van der Waals surface area contributed by atoms with E-state index in [9.17, 15) is 0 Å². The van der Waals surface area contributed by atoms with E-state index in [4.69, 9.17) is 0 Å². The third-order valence-electron chi connectivity index (χ3n) is 5.29. The van der Waals surface area contributed by atoms with Gasteiger partial charge in [-0.3, -0.25) is 0 Å². The van der Waals surface area contributed by atoms with Crippen molar-refractivity contribution in [3.63, 3.8) is 0 Å². The summed E-state index contributed by atoms with van der Waals surface area (Å²) in [5, 5.41) is 0. The number of benzene rings is 2. The van der Waals surface area contributed by atoms with Crippen LogP contribution in [0.4, 0.5) is 0 Å². The summed E-state index contributed by atoms with van der Waals surface area (Å²) in [6.07, 6.45) is 2.69. The van der Waals surface area contributed by atoms with Crippen LogP contribution in [-0.4, -0.2) is 32.3 Å². The topological polar surface area (TPSA) is 3.24 Å². The number of rotatable bonds is 1. The van der Waals surface area contributed by atoms with Crippen LogP contribution in [0.1, 0.15) is 29.9 Å². The molecule has 2 heterocycles. The second-order valence-corrected chi connectivity index (χ2v) is 6.72. The van der Waals surface area contributed by atoms with Gasteiger partial charge < -0.3 is 4.90 Å². The molecule has 1 saturated heterocycles. The van der Waals surface area contributed by atoms with Gasteiger partial charge in [0.05, 0.1) is 0 Å². The Kier molecular flexibility index (Phi) is 3.35. The fourth-order valence-electron chi connectivity index (χ4n) is 4.36. The van der Waals surface area contributed by atoms with Gasteiger partial charge in [-0.25, -0.2) is 0 Å². The van der Waals surface area contributed by atoms with E-state index in [1.165, 1.54) is 36.9 Å². The first-order chi connectivity index (χ1) is 10.3. The second-order valence-electron chi connectivity index (χ2n) is 6.72. The largest absolute Gasteiger partial charge is 0.306 e. The van der Waals surface area contributed by atoms with Crippen LogP contribution in [0, 0.1) is 5.92 Å². The van der Waals surface area contributed by atoms with Crippen molar-refractivity contribution in [2.75, 3.05) is 20.1 Å². The Morgan fingerprint density at radius 3 is 2.19 bits per heavy atom. The van der Waals surface area contributed by atoms with E-state index in [-0.39, 0.29) is 0 Å². The van der Waals surface area contributed by atoms with Crippen molar-refractivity contribution in [3.05, 3.63) is 59.7 Å². The normalized spacial score (nSPS) is 22.2.